The van der Waals surface area contributed by atoms with Crippen LogP contribution >= 0.6 is 0 Å². The van der Waals surface area contributed by atoms with Gasteiger partial charge in [-0.25, -0.2) is 0 Å². The molecule has 0 heterocycles. The van der Waals surface area contributed by atoms with E-state index in [1.54, 1.807) is 0 Å². The van der Waals surface area contributed by atoms with Gasteiger partial charge in [-0.3, -0.25) is 4.79 Å². The Morgan fingerprint density at radius 2 is 1.20 bits per heavy atom. The number of hydrogen-bond acceptors (Lipinski definition) is 4. The fourth-order valence-electron chi connectivity index (χ4n) is 0.626. The molecule has 0 saturated carbocycles. The fourth-order valence-corrected chi connectivity index (χ4v) is 0.626. The largest absolute Gasteiger partial charge is 0.481 e. The zero-order valence-electron chi connectivity index (χ0n) is 9.82. The molecule has 0 fully saturated rings. The summed E-state index contributed by atoms with van der Waals surface area (Å²) in [6.07, 6.45) is 0. The van der Waals surface area contributed by atoms with Gasteiger partial charge in [0.25, 0.3) is 5.97 Å². The molecule has 0 aliphatic carbocycles. The third-order valence-corrected chi connectivity index (χ3v) is 1.15. The molecule has 0 aromatic carbocycles. The smallest absolute Gasteiger partial charge is 0.300 e. The van der Waals surface area contributed by atoms with Gasteiger partial charge in [0, 0.05) is 20.1 Å². The lowest BCUT2D eigenvalue weighted by atomic mass is 10.7. The summed E-state index contributed by atoms with van der Waals surface area (Å²) < 4.78 is 15.3. The molecule has 0 radical (unpaired) electrons. The standard InChI is InChI=1S/C8H18O3.C2H4O2/c1-3-9-5-7-11-8-6-10-4-2;1-2(3)4/h3-8H2,1-2H3;1H3,(H,3,4). The molecule has 92 valence electrons. The molecule has 0 aromatic rings. The second-order valence-corrected chi connectivity index (χ2v) is 2.53. The van der Waals surface area contributed by atoms with Crippen LogP contribution in [-0.4, -0.2) is 50.7 Å². The minimum absolute atomic E-state index is 0.668. The second kappa shape index (κ2) is 15.8. The second-order valence-electron chi connectivity index (χ2n) is 2.53. The van der Waals surface area contributed by atoms with Crippen molar-refractivity contribution >= 4 is 5.97 Å². The minimum Gasteiger partial charge on any atom is -0.481 e. The Kier molecular flexibility index (Phi) is 17.7. The van der Waals surface area contributed by atoms with Crippen molar-refractivity contribution in [2.24, 2.45) is 0 Å². The minimum atomic E-state index is -0.833. The van der Waals surface area contributed by atoms with Crippen molar-refractivity contribution in [3.63, 3.8) is 0 Å². The van der Waals surface area contributed by atoms with Crippen molar-refractivity contribution in [1.29, 1.82) is 0 Å². The summed E-state index contributed by atoms with van der Waals surface area (Å²) in [5.41, 5.74) is 0. The van der Waals surface area contributed by atoms with Gasteiger partial charge in [-0.1, -0.05) is 0 Å². The third kappa shape index (κ3) is 31.8. The molecular formula is C10H22O5. The van der Waals surface area contributed by atoms with Crippen LogP contribution in [0.5, 0.6) is 0 Å². The first-order valence-corrected chi connectivity index (χ1v) is 5.07. The Balaban J connectivity index is 0. The van der Waals surface area contributed by atoms with Crippen molar-refractivity contribution in [2.75, 3.05) is 39.6 Å². The first-order chi connectivity index (χ1) is 7.15. The number of carbonyl (C=O) groups is 1. The predicted molar refractivity (Wildman–Crippen MR) is 57.1 cm³/mol. The molecule has 0 rings (SSSR count). The molecule has 1 N–H and O–H groups in total. The zero-order valence-corrected chi connectivity index (χ0v) is 9.82. The SMILES string of the molecule is CC(=O)O.CCOCCOCCOCC. The van der Waals surface area contributed by atoms with Gasteiger partial charge in [-0.2, -0.15) is 0 Å². The summed E-state index contributed by atoms with van der Waals surface area (Å²) in [6.45, 7) is 9.25. The lowest BCUT2D eigenvalue weighted by molar-refractivity contribution is -0.134. The molecule has 0 aliphatic heterocycles. The number of carboxylic acid groups (broad SMARTS) is 1. The topological polar surface area (TPSA) is 65.0 Å². The van der Waals surface area contributed by atoms with Gasteiger partial charge in [0.05, 0.1) is 26.4 Å². The first-order valence-electron chi connectivity index (χ1n) is 5.07. The molecular weight excluding hydrogens is 200 g/mol. The van der Waals surface area contributed by atoms with E-state index in [1.807, 2.05) is 13.8 Å². The highest BCUT2D eigenvalue weighted by Crippen LogP contribution is 1.79. The van der Waals surface area contributed by atoms with E-state index >= 15 is 0 Å². The van der Waals surface area contributed by atoms with Crippen molar-refractivity contribution in [2.45, 2.75) is 20.8 Å². The van der Waals surface area contributed by atoms with Gasteiger partial charge < -0.3 is 19.3 Å². The van der Waals surface area contributed by atoms with Crippen LogP contribution in [0, 0.1) is 0 Å². The molecule has 0 atom stereocenters. The number of carboxylic acids is 1. The van der Waals surface area contributed by atoms with E-state index in [2.05, 4.69) is 0 Å². The van der Waals surface area contributed by atoms with E-state index in [4.69, 9.17) is 24.1 Å². The molecule has 0 spiro atoms. The Morgan fingerprint density at radius 3 is 1.47 bits per heavy atom. The molecule has 5 heteroatoms. The summed E-state index contributed by atoms with van der Waals surface area (Å²) in [7, 11) is 0. The summed E-state index contributed by atoms with van der Waals surface area (Å²) in [6, 6.07) is 0. The maximum atomic E-state index is 9.00. The lowest BCUT2D eigenvalue weighted by Crippen LogP contribution is -2.08. The van der Waals surface area contributed by atoms with Crippen molar-refractivity contribution in [3.05, 3.63) is 0 Å². The van der Waals surface area contributed by atoms with Crippen LogP contribution in [0.1, 0.15) is 20.8 Å². The molecule has 0 bridgehead atoms. The Hall–Kier alpha value is -0.650. The highest BCUT2D eigenvalue weighted by Gasteiger charge is 1.87. The monoisotopic (exact) mass is 222 g/mol. The average Bonchev–Trinajstić information content (AvgIpc) is 2.16. The van der Waals surface area contributed by atoms with Crippen LogP contribution in [0.25, 0.3) is 0 Å². The summed E-state index contributed by atoms with van der Waals surface area (Å²) in [4.78, 5) is 9.00. The van der Waals surface area contributed by atoms with Crippen LogP contribution in [-0.2, 0) is 19.0 Å². The van der Waals surface area contributed by atoms with Gasteiger partial charge in [-0.15, -0.1) is 0 Å². The fraction of sp³-hybridized carbons (Fsp3) is 0.900. The Labute approximate surface area is 91.3 Å². The Morgan fingerprint density at radius 1 is 0.933 bits per heavy atom. The number of ether oxygens (including phenoxy) is 3. The zero-order chi connectivity index (χ0) is 11.9. The summed E-state index contributed by atoms with van der Waals surface area (Å²) >= 11 is 0. The predicted octanol–water partition coefficient (Wildman–Crippen LogP) is 1.17. The average molecular weight is 222 g/mol. The molecule has 0 amide bonds. The molecule has 0 aliphatic rings. The van der Waals surface area contributed by atoms with Crippen LogP contribution in [0.4, 0.5) is 0 Å². The van der Waals surface area contributed by atoms with Crippen molar-refractivity contribution < 1.29 is 24.1 Å². The van der Waals surface area contributed by atoms with Crippen LogP contribution in [0.15, 0.2) is 0 Å². The van der Waals surface area contributed by atoms with Crippen LogP contribution < -0.4 is 0 Å². The first kappa shape index (κ1) is 16.8. The van der Waals surface area contributed by atoms with Crippen molar-refractivity contribution in [3.8, 4) is 0 Å². The van der Waals surface area contributed by atoms with Crippen molar-refractivity contribution in [1.82, 2.24) is 0 Å². The molecule has 5 nitrogen and oxygen atoms in total. The molecule has 0 saturated heterocycles. The number of hydrogen-bond donors (Lipinski definition) is 1. The third-order valence-electron chi connectivity index (χ3n) is 1.15. The van der Waals surface area contributed by atoms with Gasteiger partial charge >= 0.3 is 0 Å². The van der Waals surface area contributed by atoms with Gasteiger partial charge in [0.15, 0.2) is 0 Å². The summed E-state index contributed by atoms with van der Waals surface area (Å²) in [5, 5.41) is 7.42. The van der Waals surface area contributed by atoms with Gasteiger partial charge in [0.2, 0.25) is 0 Å². The normalized spacial score (nSPS) is 9.27. The Bertz CT molecular complexity index is 115. The van der Waals surface area contributed by atoms with E-state index in [9.17, 15) is 0 Å². The van der Waals surface area contributed by atoms with E-state index in [-0.39, 0.29) is 0 Å². The van der Waals surface area contributed by atoms with Gasteiger partial charge in [0.1, 0.15) is 0 Å². The number of rotatable bonds is 8. The van der Waals surface area contributed by atoms with Crippen LogP contribution in [0.2, 0.25) is 0 Å². The molecule has 0 unspecified atom stereocenters. The van der Waals surface area contributed by atoms with E-state index < -0.39 is 5.97 Å². The molecule has 0 aromatic heterocycles. The summed E-state index contributed by atoms with van der Waals surface area (Å²) in [5.74, 6) is -0.833. The highest BCUT2D eigenvalue weighted by atomic mass is 16.5. The van der Waals surface area contributed by atoms with Gasteiger partial charge in [-0.05, 0) is 13.8 Å². The van der Waals surface area contributed by atoms with Crippen LogP contribution in [0.3, 0.4) is 0 Å². The quantitative estimate of drug-likeness (QED) is 0.624. The highest BCUT2D eigenvalue weighted by molar-refractivity contribution is 5.62. The maximum absolute atomic E-state index is 9.00. The van der Waals surface area contributed by atoms with E-state index in [0.717, 1.165) is 20.1 Å². The lowest BCUT2D eigenvalue weighted by Gasteiger charge is -2.03. The van der Waals surface area contributed by atoms with E-state index in [0.29, 0.717) is 26.4 Å². The van der Waals surface area contributed by atoms with E-state index in [1.165, 1.54) is 0 Å². The number of aliphatic carboxylic acids is 1. The maximum Gasteiger partial charge on any atom is 0.300 e. The molecule has 15 heavy (non-hydrogen) atoms.